The van der Waals surface area contributed by atoms with Crippen LogP contribution in [0.2, 0.25) is 0 Å². The number of carbonyl (C=O) groups excluding carboxylic acids is 1. The number of rotatable bonds is 6. The fourth-order valence-corrected chi connectivity index (χ4v) is 5.63. The third-order valence-corrected chi connectivity index (χ3v) is 7.75. The van der Waals surface area contributed by atoms with Gasteiger partial charge in [-0.3, -0.25) is 4.79 Å². The number of nitrogens with zero attached hydrogens (tertiary/aromatic N) is 6. The lowest BCUT2D eigenvalue weighted by Gasteiger charge is -2.27. The van der Waals surface area contributed by atoms with Gasteiger partial charge in [0, 0.05) is 35.8 Å². The van der Waals surface area contributed by atoms with Crippen molar-refractivity contribution in [2.45, 2.75) is 51.2 Å². The van der Waals surface area contributed by atoms with E-state index >= 15 is 4.39 Å². The van der Waals surface area contributed by atoms with Gasteiger partial charge in [-0.15, -0.1) is 0 Å². The second kappa shape index (κ2) is 10.8. The number of benzene rings is 1. The Balaban J connectivity index is 1.28. The number of halogens is 1. The van der Waals surface area contributed by atoms with Crippen LogP contribution in [0.1, 0.15) is 53.5 Å². The predicted octanol–water partition coefficient (Wildman–Crippen LogP) is 5.06. The number of imidazole rings is 2. The number of hydrogen-bond acceptors (Lipinski definition) is 5. The van der Waals surface area contributed by atoms with E-state index in [0.717, 1.165) is 40.7 Å². The molecule has 9 heteroatoms. The molecule has 0 saturated heterocycles. The summed E-state index contributed by atoms with van der Waals surface area (Å²) in [5, 5.41) is 9.07. The molecule has 40 heavy (non-hydrogen) atoms. The molecule has 0 N–H and O–H groups in total. The van der Waals surface area contributed by atoms with Crippen LogP contribution in [0.3, 0.4) is 0 Å². The lowest BCUT2D eigenvalue weighted by molar-refractivity contribution is -0.130. The topological polar surface area (TPSA) is 89.0 Å². The molecule has 8 nitrogen and oxygen atoms in total. The first-order valence-corrected chi connectivity index (χ1v) is 13.4. The fraction of sp³-hybridized carbons (Fsp3) is 0.290. The minimum atomic E-state index is -0.274. The Labute approximate surface area is 232 Å². The summed E-state index contributed by atoms with van der Waals surface area (Å²) in [7, 11) is 1.66. The summed E-state index contributed by atoms with van der Waals surface area (Å²) in [5.74, 6) is 1.12. The normalized spacial score (nSPS) is 18.3. The highest BCUT2D eigenvalue weighted by Crippen LogP contribution is 2.36. The minimum absolute atomic E-state index is 0.0190. The van der Waals surface area contributed by atoms with Crippen molar-refractivity contribution in [2.75, 3.05) is 7.11 Å². The fourth-order valence-electron chi connectivity index (χ4n) is 5.63. The third kappa shape index (κ3) is 4.89. The largest absolute Gasteiger partial charge is 0.500 e. The molecular weight excluding hydrogens is 507 g/mol. The monoisotopic (exact) mass is 536 g/mol. The SMILES string of the molecule is COC1=CC=CCC1c1cn2c(n1)CN(C(=O)Cn1cncc1Cc1ccc(C#N)cc1)C1=C(C2)C(F)=CCC1. The number of fused-ring (bicyclic) bond motifs is 1. The number of methoxy groups -OCH3 is 1. The van der Waals surface area contributed by atoms with E-state index < -0.39 is 0 Å². The Morgan fingerprint density at radius 1 is 1.25 bits per heavy atom. The van der Waals surface area contributed by atoms with Gasteiger partial charge in [0.05, 0.1) is 49.8 Å². The molecule has 0 spiro atoms. The van der Waals surface area contributed by atoms with Crippen LogP contribution in [-0.2, 0) is 35.6 Å². The van der Waals surface area contributed by atoms with Crippen molar-refractivity contribution >= 4 is 5.91 Å². The molecule has 0 fully saturated rings. The van der Waals surface area contributed by atoms with E-state index in [4.69, 9.17) is 15.0 Å². The third-order valence-electron chi connectivity index (χ3n) is 7.75. The van der Waals surface area contributed by atoms with E-state index in [1.54, 1.807) is 42.7 Å². The number of amides is 1. The average Bonchev–Trinajstić information content (AvgIpc) is 3.55. The first-order valence-electron chi connectivity index (χ1n) is 13.4. The van der Waals surface area contributed by atoms with Crippen molar-refractivity contribution < 1.29 is 13.9 Å². The van der Waals surface area contributed by atoms with Gasteiger partial charge in [-0.25, -0.2) is 14.4 Å². The lowest BCUT2D eigenvalue weighted by atomic mass is 9.95. The predicted molar refractivity (Wildman–Crippen MR) is 146 cm³/mol. The van der Waals surface area contributed by atoms with E-state index in [1.165, 1.54) is 0 Å². The molecule has 1 amide bonds. The molecule has 2 aliphatic carbocycles. The zero-order valence-electron chi connectivity index (χ0n) is 22.3. The molecule has 0 radical (unpaired) electrons. The van der Waals surface area contributed by atoms with Crippen molar-refractivity contribution in [2.24, 2.45) is 0 Å². The summed E-state index contributed by atoms with van der Waals surface area (Å²) in [6, 6.07) is 9.50. The minimum Gasteiger partial charge on any atom is -0.500 e. The van der Waals surface area contributed by atoms with E-state index in [2.05, 4.69) is 17.1 Å². The highest BCUT2D eigenvalue weighted by atomic mass is 19.1. The number of allylic oxidation sites excluding steroid dienone is 8. The van der Waals surface area contributed by atoms with Crippen molar-refractivity contribution in [1.29, 1.82) is 5.26 Å². The van der Waals surface area contributed by atoms with E-state index in [9.17, 15) is 4.79 Å². The number of hydrogen-bond donors (Lipinski definition) is 0. The first-order chi connectivity index (χ1) is 19.5. The van der Waals surface area contributed by atoms with Gasteiger partial charge >= 0.3 is 0 Å². The maximum absolute atomic E-state index is 15.2. The second-order valence-electron chi connectivity index (χ2n) is 10.2. The maximum Gasteiger partial charge on any atom is 0.247 e. The average molecular weight is 537 g/mol. The molecule has 0 bridgehead atoms. The van der Waals surface area contributed by atoms with Crippen LogP contribution in [0.25, 0.3) is 0 Å². The van der Waals surface area contributed by atoms with Crippen LogP contribution in [0.15, 0.2) is 90.1 Å². The highest BCUT2D eigenvalue weighted by molar-refractivity contribution is 5.78. The van der Waals surface area contributed by atoms with Crippen molar-refractivity contribution in [3.05, 3.63) is 118 Å². The maximum atomic E-state index is 15.2. The Morgan fingerprint density at radius 2 is 2.10 bits per heavy atom. The van der Waals surface area contributed by atoms with Crippen LogP contribution in [0, 0.1) is 11.3 Å². The molecule has 0 saturated carbocycles. The molecule has 3 aromatic rings. The van der Waals surface area contributed by atoms with E-state index in [-0.39, 0.29) is 30.7 Å². The molecule has 2 aromatic heterocycles. The van der Waals surface area contributed by atoms with Crippen LogP contribution in [0.4, 0.5) is 4.39 Å². The Kier molecular flexibility index (Phi) is 6.91. The van der Waals surface area contributed by atoms with E-state index in [0.29, 0.717) is 36.9 Å². The zero-order valence-corrected chi connectivity index (χ0v) is 22.3. The molecule has 202 valence electrons. The van der Waals surface area contributed by atoms with Gasteiger partial charge in [0.2, 0.25) is 5.91 Å². The molecule has 1 atom stereocenters. The van der Waals surface area contributed by atoms with Gasteiger partial charge in [-0.05, 0) is 49.1 Å². The molecule has 1 aliphatic heterocycles. The van der Waals surface area contributed by atoms with Gasteiger partial charge < -0.3 is 18.8 Å². The van der Waals surface area contributed by atoms with Gasteiger partial charge in [0.1, 0.15) is 24.0 Å². The number of carbonyl (C=O) groups is 1. The molecule has 1 aromatic carbocycles. The molecular formula is C31H29FN6O2. The Hall–Kier alpha value is -4.71. The summed E-state index contributed by atoms with van der Waals surface area (Å²) in [5.41, 5.74) is 4.61. The molecule has 6 rings (SSSR count). The number of nitriles is 1. The van der Waals surface area contributed by atoms with Crippen molar-refractivity contribution in [3.63, 3.8) is 0 Å². The van der Waals surface area contributed by atoms with Gasteiger partial charge in [0.15, 0.2) is 0 Å². The molecule has 3 aliphatic rings. The smallest absolute Gasteiger partial charge is 0.247 e. The number of ether oxygens (including phenoxy) is 1. The van der Waals surface area contributed by atoms with Gasteiger partial charge in [-0.1, -0.05) is 24.3 Å². The number of aromatic nitrogens is 4. The zero-order chi connectivity index (χ0) is 27.6. The summed E-state index contributed by atoms with van der Waals surface area (Å²) in [6.07, 6.45) is 15.5. The quantitative estimate of drug-likeness (QED) is 0.440. The summed E-state index contributed by atoms with van der Waals surface area (Å²) < 4.78 is 24.6. The second-order valence-corrected chi connectivity index (χ2v) is 10.2. The van der Waals surface area contributed by atoms with Crippen LogP contribution >= 0.6 is 0 Å². The summed E-state index contributed by atoms with van der Waals surface area (Å²) in [4.78, 5) is 24.8. The van der Waals surface area contributed by atoms with Crippen LogP contribution in [0.5, 0.6) is 0 Å². The standard InChI is InChI=1S/C31H29FN6O2/c1-40-29-8-3-2-5-24(29)27-17-36-16-25-26(32)6-4-7-28(25)38(18-30(36)35-27)31(39)19-37-20-34-15-23(37)13-21-9-11-22(14-33)12-10-21/h2-3,6,8-12,15,17,20,24H,4-5,7,13,16,18-19H2,1H3. The molecule has 3 heterocycles. The van der Waals surface area contributed by atoms with Crippen molar-refractivity contribution in [1.82, 2.24) is 24.0 Å². The highest BCUT2D eigenvalue weighted by Gasteiger charge is 2.32. The van der Waals surface area contributed by atoms with Gasteiger partial charge in [0.25, 0.3) is 0 Å². The Bertz CT molecular complexity index is 1620. The summed E-state index contributed by atoms with van der Waals surface area (Å²) in [6.45, 7) is 0.665. The van der Waals surface area contributed by atoms with Crippen molar-refractivity contribution in [3.8, 4) is 6.07 Å². The van der Waals surface area contributed by atoms with Crippen LogP contribution in [-0.4, -0.2) is 37.0 Å². The van der Waals surface area contributed by atoms with Gasteiger partial charge in [-0.2, -0.15) is 5.26 Å². The van der Waals surface area contributed by atoms with Crippen LogP contribution < -0.4 is 0 Å². The molecule has 1 unspecified atom stereocenters. The first kappa shape index (κ1) is 25.6. The Morgan fingerprint density at radius 3 is 2.90 bits per heavy atom. The lowest BCUT2D eigenvalue weighted by Crippen LogP contribution is -2.34. The van der Waals surface area contributed by atoms with E-state index in [1.807, 2.05) is 39.6 Å². The summed E-state index contributed by atoms with van der Waals surface area (Å²) >= 11 is 0.